The van der Waals surface area contributed by atoms with Crippen LogP contribution in [-0.2, 0) is 4.74 Å². The number of nitrogens with zero attached hydrogens (tertiary/aromatic N) is 3. The van der Waals surface area contributed by atoms with E-state index in [2.05, 4.69) is 15.3 Å². The summed E-state index contributed by atoms with van der Waals surface area (Å²) in [6.07, 6.45) is 2.99. The number of ether oxygens (including phenoxy) is 2. The lowest BCUT2D eigenvalue weighted by atomic mass is 10.1. The van der Waals surface area contributed by atoms with Crippen LogP contribution >= 0.6 is 0 Å². The van der Waals surface area contributed by atoms with E-state index in [1.807, 2.05) is 13.8 Å². The molecule has 1 aliphatic rings. The fourth-order valence-electron chi connectivity index (χ4n) is 2.40. The Morgan fingerprint density at radius 1 is 1.43 bits per heavy atom. The van der Waals surface area contributed by atoms with Gasteiger partial charge in [-0.25, -0.2) is 14.8 Å². The molecule has 7 heteroatoms. The van der Waals surface area contributed by atoms with Crippen LogP contribution in [0.2, 0.25) is 0 Å². The van der Waals surface area contributed by atoms with Crippen LogP contribution in [0.3, 0.4) is 0 Å². The van der Waals surface area contributed by atoms with Gasteiger partial charge in [0, 0.05) is 19.1 Å². The van der Waals surface area contributed by atoms with Crippen LogP contribution in [0, 0.1) is 6.92 Å². The second kappa shape index (κ2) is 7.10. The number of methoxy groups -OCH3 is 1. The third-order valence-electron chi connectivity index (χ3n) is 3.59. The Kier molecular flexibility index (Phi) is 5.19. The summed E-state index contributed by atoms with van der Waals surface area (Å²) in [5.74, 6) is 1.37. The first-order chi connectivity index (χ1) is 10.2. The standard InChI is InChI=1S/C14H22N4O3/c1-4-21-14(19)18-7-5-11(6-8-18)17-12-10(2)13(20-3)16-9-15-12/h9,11H,4-8H2,1-3H3,(H,15,16,17). The van der Waals surface area contributed by atoms with Gasteiger partial charge in [0.15, 0.2) is 0 Å². The molecular formula is C14H22N4O3. The van der Waals surface area contributed by atoms with Crippen molar-refractivity contribution in [3.05, 3.63) is 11.9 Å². The Labute approximate surface area is 124 Å². The summed E-state index contributed by atoms with van der Waals surface area (Å²) in [4.78, 5) is 21.7. The molecule has 0 bridgehead atoms. The van der Waals surface area contributed by atoms with Crippen molar-refractivity contribution in [2.45, 2.75) is 32.7 Å². The highest BCUT2D eigenvalue weighted by Crippen LogP contribution is 2.23. The summed E-state index contributed by atoms with van der Waals surface area (Å²) in [7, 11) is 1.59. The smallest absolute Gasteiger partial charge is 0.409 e. The highest BCUT2D eigenvalue weighted by atomic mass is 16.6. The van der Waals surface area contributed by atoms with Crippen LogP contribution < -0.4 is 10.1 Å². The fourth-order valence-corrected chi connectivity index (χ4v) is 2.40. The van der Waals surface area contributed by atoms with E-state index < -0.39 is 0 Å². The zero-order valence-electron chi connectivity index (χ0n) is 12.8. The van der Waals surface area contributed by atoms with Gasteiger partial charge < -0.3 is 19.7 Å². The van der Waals surface area contributed by atoms with Crippen molar-refractivity contribution in [2.24, 2.45) is 0 Å². The Balaban J connectivity index is 1.90. The number of piperidine rings is 1. The van der Waals surface area contributed by atoms with E-state index in [1.165, 1.54) is 6.33 Å². The number of carbonyl (C=O) groups excluding carboxylic acids is 1. The zero-order valence-corrected chi connectivity index (χ0v) is 12.8. The maximum absolute atomic E-state index is 11.6. The van der Waals surface area contributed by atoms with Crippen molar-refractivity contribution in [1.82, 2.24) is 14.9 Å². The van der Waals surface area contributed by atoms with E-state index in [0.717, 1.165) is 24.2 Å². The molecule has 0 radical (unpaired) electrons. The SMILES string of the molecule is CCOC(=O)N1CCC(Nc2ncnc(OC)c2C)CC1. The fraction of sp³-hybridized carbons (Fsp3) is 0.643. The van der Waals surface area contributed by atoms with E-state index in [9.17, 15) is 4.79 Å². The molecular weight excluding hydrogens is 272 g/mol. The van der Waals surface area contributed by atoms with Gasteiger partial charge in [-0.15, -0.1) is 0 Å². The number of nitrogens with one attached hydrogen (secondary N) is 1. The van der Waals surface area contributed by atoms with Gasteiger partial charge in [0.25, 0.3) is 0 Å². The van der Waals surface area contributed by atoms with Crippen LogP contribution in [0.5, 0.6) is 5.88 Å². The number of hydrogen-bond donors (Lipinski definition) is 1. The molecule has 2 heterocycles. The average Bonchev–Trinajstić information content (AvgIpc) is 2.50. The lowest BCUT2D eigenvalue weighted by Gasteiger charge is -2.32. The van der Waals surface area contributed by atoms with E-state index >= 15 is 0 Å². The van der Waals surface area contributed by atoms with Gasteiger partial charge in [0.2, 0.25) is 5.88 Å². The predicted molar refractivity (Wildman–Crippen MR) is 78.6 cm³/mol. The Bertz CT molecular complexity index is 487. The molecule has 0 atom stereocenters. The summed E-state index contributed by atoms with van der Waals surface area (Å²) in [5.41, 5.74) is 0.896. The van der Waals surface area contributed by atoms with Crippen LogP contribution in [0.1, 0.15) is 25.3 Å². The van der Waals surface area contributed by atoms with Crippen LogP contribution in [0.15, 0.2) is 6.33 Å². The van der Waals surface area contributed by atoms with Gasteiger partial charge in [-0.05, 0) is 26.7 Å². The summed E-state index contributed by atoms with van der Waals surface area (Å²) in [6.45, 7) is 5.54. The molecule has 1 fully saturated rings. The van der Waals surface area contributed by atoms with Crippen LogP contribution in [0.4, 0.5) is 10.6 Å². The molecule has 1 aromatic heterocycles. The van der Waals surface area contributed by atoms with E-state index in [-0.39, 0.29) is 12.1 Å². The highest BCUT2D eigenvalue weighted by molar-refractivity contribution is 5.67. The number of rotatable bonds is 4. The molecule has 1 amide bonds. The minimum absolute atomic E-state index is 0.226. The lowest BCUT2D eigenvalue weighted by molar-refractivity contribution is 0.0983. The molecule has 1 saturated heterocycles. The largest absolute Gasteiger partial charge is 0.481 e. The Morgan fingerprint density at radius 3 is 2.76 bits per heavy atom. The topological polar surface area (TPSA) is 76.6 Å². The van der Waals surface area contributed by atoms with Crippen molar-refractivity contribution in [2.75, 3.05) is 32.1 Å². The molecule has 0 unspecified atom stereocenters. The van der Waals surface area contributed by atoms with Crippen molar-refractivity contribution < 1.29 is 14.3 Å². The molecule has 2 rings (SSSR count). The number of hydrogen-bond acceptors (Lipinski definition) is 6. The minimum Gasteiger partial charge on any atom is -0.481 e. The number of carbonyl (C=O) groups is 1. The summed E-state index contributed by atoms with van der Waals surface area (Å²) >= 11 is 0. The highest BCUT2D eigenvalue weighted by Gasteiger charge is 2.24. The molecule has 0 aliphatic carbocycles. The number of amides is 1. The normalized spacial score (nSPS) is 15.7. The van der Waals surface area contributed by atoms with E-state index in [4.69, 9.17) is 9.47 Å². The summed E-state index contributed by atoms with van der Waals surface area (Å²) in [6, 6.07) is 0.286. The molecule has 116 valence electrons. The lowest BCUT2D eigenvalue weighted by Crippen LogP contribution is -2.42. The van der Waals surface area contributed by atoms with Gasteiger partial charge in [-0.1, -0.05) is 0 Å². The molecule has 21 heavy (non-hydrogen) atoms. The van der Waals surface area contributed by atoms with E-state index in [0.29, 0.717) is 25.6 Å². The number of likely N-dealkylation sites (tertiary alicyclic amines) is 1. The molecule has 0 aromatic carbocycles. The molecule has 1 aliphatic heterocycles. The van der Waals surface area contributed by atoms with Crippen LogP contribution in [0.25, 0.3) is 0 Å². The first-order valence-electron chi connectivity index (χ1n) is 7.19. The van der Waals surface area contributed by atoms with Gasteiger partial charge in [0.05, 0.1) is 19.3 Å². The maximum Gasteiger partial charge on any atom is 0.409 e. The van der Waals surface area contributed by atoms with E-state index in [1.54, 1.807) is 12.0 Å². The number of anilines is 1. The molecule has 0 saturated carbocycles. The Morgan fingerprint density at radius 2 is 2.14 bits per heavy atom. The van der Waals surface area contributed by atoms with Gasteiger partial charge in [-0.2, -0.15) is 0 Å². The second-order valence-corrected chi connectivity index (χ2v) is 4.96. The second-order valence-electron chi connectivity index (χ2n) is 4.96. The van der Waals surface area contributed by atoms with Gasteiger partial charge >= 0.3 is 6.09 Å². The van der Waals surface area contributed by atoms with Gasteiger partial charge in [0.1, 0.15) is 12.1 Å². The zero-order chi connectivity index (χ0) is 15.2. The van der Waals surface area contributed by atoms with Crippen molar-refractivity contribution in [3.63, 3.8) is 0 Å². The Hall–Kier alpha value is -2.05. The molecule has 1 N–H and O–H groups in total. The maximum atomic E-state index is 11.6. The summed E-state index contributed by atoms with van der Waals surface area (Å²) in [5, 5.41) is 3.41. The third-order valence-corrected chi connectivity index (χ3v) is 3.59. The van der Waals surface area contributed by atoms with Crippen molar-refractivity contribution in [3.8, 4) is 5.88 Å². The first-order valence-corrected chi connectivity index (χ1v) is 7.19. The van der Waals surface area contributed by atoms with Crippen molar-refractivity contribution in [1.29, 1.82) is 0 Å². The molecule has 1 aromatic rings. The number of aromatic nitrogens is 2. The first kappa shape index (κ1) is 15.3. The average molecular weight is 294 g/mol. The monoisotopic (exact) mass is 294 g/mol. The van der Waals surface area contributed by atoms with Gasteiger partial charge in [-0.3, -0.25) is 0 Å². The van der Waals surface area contributed by atoms with Crippen molar-refractivity contribution >= 4 is 11.9 Å². The minimum atomic E-state index is -0.226. The predicted octanol–water partition coefficient (Wildman–Crippen LogP) is 1.83. The summed E-state index contributed by atoms with van der Waals surface area (Å²) < 4.78 is 10.2. The molecule has 7 nitrogen and oxygen atoms in total. The third kappa shape index (κ3) is 3.74. The van der Waals surface area contributed by atoms with Crippen LogP contribution in [-0.4, -0.2) is 53.8 Å². The molecule has 0 spiro atoms. The quantitative estimate of drug-likeness (QED) is 0.913.